The van der Waals surface area contributed by atoms with Crippen molar-refractivity contribution in [1.82, 2.24) is 0 Å². The molecule has 0 aliphatic carbocycles. The average molecular weight is 343 g/mol. The molecule has 0 heterocycles. The molecule has 0 rings (SSSR count). The molecule has 0 spiro atoms. The van der Waals surface area contributed by atoms with Gasteiger partial charge in [-0.15, -0.1) is 0 Å². The van der Waals surface area contributed by atoms with Gasteiger partial charge >= 0.3 is 49.7 Å². The summed E-state index contributed by atoms with van der Waals surface area (Å²) in [5.41, 5.74) is 0. The normalized spacial score (nSPS) is 8.55. The van der Waals surface area contributed by atoms with Gasteiger partial charge in [0, 0.05) is 0 Å². The van der Waals surface area contributed by atoms with E-state index in [4.69, 9.17) is 10.2 Å². The maximum absolute atomic E-state index is 9.43. The largest absolute Gasteiger partial charge is 2.00 e. The zero-order chi connectivity index (χ0) is 16.9. The van der Waals surface area contributed by atoms with Crippen molar-refractivity contribution in [2.45, 2.75) is 84.5 Å². The van der Waals surface area contributed by atoms with Crippen LogP contribution < -0.4 is 0 Å². The fourth-order valence-electron chi connectivity index (χ4n) is 1.62. The van der Waals surface area contributed by atoms with E-state index in [0.717, 1.165) is 6.42 Å². The number of carboxylic acid groups (broad SMARTS) is 2. The van der Waals surface area contributed by atoms with Gasteiger partial charge in [-0.05, 0) is 0 Å². The number of carboxylic acids is 2. The maximum Gasteiger partial charge on any atom is 2.00 e. The van der Waals surface area contributed by atoms with Gasteiger partial charge in [-0.1, -0.05) is 64.7 Å². The summed E-state index contributed by atoms with van der Waals surface area (Å²) in [4.78, 5) is 18.9. The first-order chi connectivity index (χ1) is 10.0. The number of hydrogen-bond donors (Lipinski definition) is 2. The molecule has 0 amide bonds. The Balaban J connectivity index is -0.000000139. The standard InChI is InChI=1S/C12H25.C3H4O4.C2H5.Ca/c1-3-5-7-9-11-12-10-8-6-4-2;4-2(5)1-3(6)7;1-2;/h1,3-12H2,2H3;1H2,(H,4,5)(H,6,7);1H2,2H3;/q-1;;-1;+2. The molecule has 128 valence electrons. The van der Waals surface area contributed by atoms with Crippen LogP contribution in [0.3, 0.4) is 0 Å². The molecule has 0 unspecified atom stereocenters. The fourth-order valence-corrected chi connectivity index (χ4v) is 1.62. The Hall–Kier alpha value is 0.200. The van der Waals surface area contributed by atoms with Gasteiger partial charge in [-0.3, -0.25) is 9.59 Å². The molecule has 0 bridgehead atoms. The molecule has 22 heavy (non-hydrogen) atoms. The molecule has 0 aromatic heterocycles. The van der Waals surface area contributed by atoms with Crippen molar-refractivity contribution < 1.29 is 19.8 Å². The quantitative estimate of drug-likeness (QED) is 0.246. The first-order valence-electron chi connectivity index (χ1n) is 7.98. The zero-order valence-electron chi connectivity index (χ0n) is 14.6. The second kappa shape index (κ2) is 29.2. The molecule has 5 heteroatoms. The molecule has 0 saturated carbocycles. The predicted molar refractivity (Wildman–Crippen MR) is 93.9 cm³/mol. The average Bonchev–Trinajstić information content (AvgIpc) is 2.43. The van der Waals surface area contributed by atoms with Crippen molar-refractivity contribution >= 4 is 49.7 Å². The molecule has 0 aliphatic rings. The topological polar surface area (TPSA) is 74.6 Å². The summed E-state index contributed by atoms with van der Waals surface area (Å²) < 4.78 is 0. The molecule has 0 saturated heterocycles. The van der Waals surface area contributed by atoms with Crippen molar-refractivity contribution in [2.24, 2.45) is 0 Å². The summed E-state index contributed by atoms with van der Waals surface area (Å²) in [5, 5.41) is 15.4. The number of hydrogen-bond acceptors (Lipinski definition) is 2. The Kier molecular flexibility index (Phi) is 40.0. The van der Waals surface area contributed by atoms with Crippen LogP contribution in [0.1, 0.15) is 84.5 Å². The van der Waals surface area contributed by atoms with E-state index >= 15 is 0 Å². The summed E-state index contributed by atoms with van der Waals surface area (Å²) in [7, 11) is 0. The van der Waals surface area contributed by atoms with Crippen LogP contribution in [0, 0.1) is 13.8 Å². The van der Waals surface area contributed by atoms with Crippen LogP contribution in [0.15, 0.2) is 0 Å². The summed E-state index contributed by atoms with van der Waals surface area (Å²) >= 11 is 0. The summed E-state index contributed by atoms with van der Waals surface area (Å²) in [5.74, 6) is -2.62. The minimum atomic E-state index is -1.31. The summed E-state index contributed by atoms with van der Waals surface area (Å²) in [6.07, 6.45) is 13.1. The van der Waals surface area contributed by atoms with Crippen LogP contribution in [0.4, 0.5) is 0 Å². The Bertz CT molecular complexity index is 199. The van der Waals surface area contributed by atoms with Gasteiger partial charge in [0.15, 0.2) is 0 Å². The molecule has 0 atom stereocenters. The third kappa shape index (κ3) is 42.7. The summed E-state index contributed by atoms with van der Waals surface area (Å²) in [6.45, 7) is 11.1. The molecule has 0 aromatic carbocycles. The minimum absolute atomic E-state index is 0. The SMILES string of the molecule is O=C(O)CC(=O)O.[CH2-]C.[CH2-]CCCCCCCCCCC.[Ca+2]. The third-order valence-corrected chi connectivity index (χ3v) is 2.66. The second-order valence-corrected chi connectivity index (χ2v) is 4.65. The third-order valence-electron chi connectivity index (χ3n) is 2.66. The molecule has 0 fully saturated rings. The van der Waals surface area contributed by atoms with Gasteiger partial charge < -0.3 is 24.1 Å². The molecular formula is C17H34CaO4. The fraction of sp³-hybridized carbons (Fsp3) is 0.765. The van der Waals surface area contributed by atoms with Gasteiger partial charge in [0.1, 0.15) is 6.42 Å². The van der Waals surface area contributed by atoms with E-state index in [1.807, 2.05) is 0 Å². The van der Waals surface area contributed by atoms with Crippen LogP contribution >= 0.6 is 0 Å². The van der Waals surface area contributed by atoms with Crippen molar-refractivity contribution in [3.63, 3.8) is 0 Å². The number of carbonyl (C=O) groups is 2. The van der Waals surface area contributed by atoms with Gasteiger partial charge in [0.2, 0.25) is 0 Å². The van der Waals surface area contributed by atoms with Crippen molar-refractivity contribution in [3.05, 3.63) is 13.8 Å². The van der Waals surface area contributed by atoms with Crippen LogP contribution in [0.2, 0.25) is 0 Å². The Morgan fingerprint density at radius 3 is 1.32 bits per heavy atom. The predicted octanol–water partition coefficient (Wildman–Crippen LogP) is 4.75. The van der Waals surface area contributed by atoms with E-state index in [2.05, 4.69) is 20.8 Å². The van der Waals surface area contributed by atoms with E-state index in [9.17, 15) is 9.59 Å². The van der Waals surface area contributed by atoms with Gasteiger partial charge in [0.05, 0.1) is 0 Å². The molecule has 2 N–H and O–H groups in total. The molecule has 0 aromatic rings. The number of unbranched alkanes of at least 4 members (excludes halogenated alkanes) is 9. The Labute approximate surface area is 167 Å². The molecule has 4 nitrogen and oxygen atoms in total. The Morgan fingerprint density at radius 1 is 0.773 bits per heavy atom. The van der Waals surface area contributed by atoms with Crippen LogP contribution in [-0.4, -0.2) is 59.9 Å². The van der Waals surface area contributed by atoms with Crippen LogP contribution in [-0.2, 0) is 9.59 Å². The van der Waals surface area contributed by atoms with E-state index in [1.165, 1.54) is 57.8 Å². The van der Waals surface area contributed by atoms with Crippen molar-refractivity contribution in [3.8, 4) is 0 Å². The van der Waals surface area contributed by atoms with Crippen LogP contribution in [0.5, 0.6) is 0 Å². The zero-order valence-corrected chi connectivity index (χ0v) is 16.8. The summed E-state index contributed by atoms with van der Waals surface area (Å²) in [6, 6.07) is 0. The van der Waals surface area contributed by atoms with E-state index in [-0.39, 0.29) is 37.7 Å². The maximum atomic E-state index is 9.43. The van der Waals surface area contributed by atoms with E-state index in [1.54, 1.807) is 6.92 Å². The smallest absolute Gasteiger partial charge is 0.481 e. The number of aliphatic carboxylic acids is 2. The minimum Gasteiger partial charge on any atom is -0.481 e. The van der Waals surface area contributed by atoms with E-state index in [0.29, 0.717) is 0 Å². The first-order valence-corrected chi connectivity index (χ1v) is 7.98. The monoisotopic (exact) mass is 342 g/mol. The number of rotatable bonds is 11. The molecular weight excluding hydrogens is 308 g/mol. The van der Waals surface area contributed by atoms with E-state index < -0.39 is 18.4 Å². The van der Waals surface area contributed by atoms with Crippen LogP contribution in [0.25, 0.3) is 0 Å². The molecule has 0 aliphatic heterocycles. The van der Waals surface area contributed by atoms with Gasteiger partial charge in [-0.25, -0.2) is 0 Å². The second-order valence-electron chi connectivity index (χ2n) is 4.65. The Morgan fingerprint density at radius 2 is 1.09 bits per heavy atom. The van der Waals surface area contributed by atoms with Gasteiger partial charge in [0.25, 0.3) is 0 Å². The molecule has 0 radical (unpaired) electrons. The first kappa shape index (κ1) is 30.1. The van der Waals surface area contributed by atoms with Gasteiger partial charge in [-0.2, -0.15) is 13.3 Å². The van der Waals surface area contributed by atoms with Crippen molar-refractivity contribution in [2.75, 3.05) is 0 Å². The van der Waals surface area contributed by atoms with Crippen molar-refractivity contribution in [1.29, 1.82) is 0 Å².